The molecule has 1 heterocycles. The third-order valence-electron chi connectivity index (χ3n) is 4.40. The Bertz CT molecular complexity index is 712. The summed E-state index contributed by atoms with van der Waals surface area (Å²) in [6.45, 7) is 6.95. The molecule has 25 heavy (non-hydrogen) atoms. The van der Waals surface area contributed by atoms with Gasteiger partial charge in [-0.2, -0.15) is 0 Å². The zero-order valence-corrected chi connectivity index (χ0v) is 16.3. The van der Waals surface area contributed by atoms with Crippen LogP contribution >= 0.6 is 11.3 Å². The van der Waals surface area contributed by atoms with Crippen LogP contribution in [0, 0.1) is 5.92 Å². The van der Waals surface area contributed by atoms with Gasteiger partial charge in [0.2, 0.25) is 0 Å². The van der Waals surface area contributed by atoms with Gasteiger partial charge in [0.05, 0.1) is 15.2 Å². The Balaban J connectivity index is 1.88. The number of nitrogens with one attached hydrogen (secondary N) is 1. The first-order valence-electron chi connectivity index (χ1n) is 9.24. The number of hydrogen-bond acceptors (Lipinski definition) is 3. The van der Waals surface area contributed by atoms with Crippen molar-refractivity contribution in [2.45, 2.75) is 39.0 Å². The summed E-state index contributed by atoms with van der Waals surface area (Å²) < 4.78 is 1.33. The van der Waals surface area contributed by atoms with Crippen molar-refractivity contribution in [2.24, 2.45) is 5.92 Å². The number of benzene rings is 1. The van der Waals surface area contributed by atoms with Crippen LogP contribution in [-0.2, 0) is 12.8 Å². The van der Waals surface area contributed by atoms with Gasteiger partial charge in [-0.3, -0.25) is 0 Å². The SMILES string of the molecule is C=C/C=C\C=C/CCC(CCc1nc2ccc(CC)cc2s1)CNC. The van der Waals surface area contributed by atoms with Gasteiger partial charge in [-0.15, -0.1) is 11.3 Å². The molecule has 0 aliphatic carbocycles. The minimum absolute atomic E-state index is 0.691. The normalized spacial score (nSPS) is 13.2. The van der Waals surface area contributed by atoms with Crippen LogP contribution < -0.4 is 5.32 Å². The van der Waals surface area contributed by atoms with Crippen molar-refractivity contribution in [3.63, 3.8) is 0 Å². The Labute approximate surface area is 156 Å². The minimum atomic E-state index is 0.691. The molecule has 2 nitrogen and oxygen atoms in total. The molecular formula is C22H30N2S. The van der Waals surface area contributed by atoms with E-state index in [1.54, 1.807) is 6.08 Å². The number of hydrogen-bond donors (Lipinski definition) is 1. The van der Waals surface area contributed by atoms with E-state index in [9.17, 15) is 0 Å². The lowest BCUT2D eigenvalue weighted by molar-refractivity contribution is 0.436. The maximum atomic E-state index is 4.82. The first-order chi connectivity index (χ1) is 12.3. The van der Waals surface area contributed by atoms with Gasteiger partial charge < -0.3 is 5.32 Å². The summed E-state index contributed by atoms with van der Waals surface area (Å²) in [5.74, 6) is 0.691. The fraction of sp³-hybridized carbons (Fsp3) is 0.409. The number of nitrogens with zero attached hydrogens (tertiary/aromatic N) is 1. The van der Waals surface area contributed by atoms with Crippen molar-refractivity contribution >= 4 is 21.6 Å². The monoisotopic (exact) mass is 354 g/mol. The summed E-state index contributed by atoms with van der Waals surface area (Å²) in [6.07, 6.45) is 15.8. The summed E-state index contributed by atoms with van der Waals surface area (Å²) in [4.78, 5) is 4.82. The molecule has 0 saturated carbocycles. The third kappa shape index (κ3) is 6.60. The average Bonchev–Trinajstić information content (AvgIpc) is 3.04. The molecule has 1 unspecified atom stereocenters. The van der Waals surface area contributed by atoms with Crippen molar-refractivity contribution < 1.29 is 0 Å². The van der Waals surface area contributed by atoms with E-state index in [4.69, 9.17) is 4.98 Å². The molecule has 134 valence electrons. The smallest absolute Gasteiger partial charge is 0.0938 e. The molecule has 0 aliphatic rings. The van der Waals surface area contributed by atoms with Crippen LogP contribution in [0.2, 0.25) is 0 Å². The zero-order chi connectivity index (χ0) is 17.9. The van der Waals surface area contributed by atoms with Gasteiger partial charge in [0.25, 0.3) is 0 Å². The molecule has 0 amide bonds. The quantitative estimate of drug-likeness (QED) is 0.523. The highest BCUT2D eigenvalue weighted by molar-refractivity contribution is 7.18. The number of rotatable bonds is 11. The number of thiazole rings is 1. The van der Waals surface area contributed by atoms with E-state index in [-0.39, 0.29) is 0 Å². The fourth-order valence-electron chi connectivity index (χ4n) is 2.96. The summed E-state index contributed by atoms with van der Waals surface area (Å²) in [6, 6.07) is 6.66. The zero-order valence-electron chi connectivity index (χ0n) is 15.5. The van der Waals surface area contributed by atoms with Crippen LogP contribution in [-0.4, -0.2) is 18.6 Å². The Kier molecular flexibility index (Phi) is 8.64. The molecule has 0 fully saturated rings. The van der Waals surface area contributed by atoms with Crippen molar-refractivity contribution in [1.82, 2.24) is 10.3 Å². The Morgan fingerprint density at radius 1 is 1.24 bits per heavy atom. The van der Waals surface area contributed by atoms with Crippen molar-refractivity contribution in [3.8, 4) is 0 Å². The Morgan fingerprint density at radius 2 is 2.12 bits per heavy atom. The van der Waals surface area contributed by atoms with Gasteiger partial charge in [-0.05, 0) is 69.3 Å². The number of allylic oxidation sites excluding steroid dienone is 5. The summed E-state index contributed by atoms with van der Waals surface area (Å²) in [5.41, 5.74) is 2.55. The molecule has 0 spiro atoms. The lowest BCUT2D eigenvalue weighted by atomic mass is 9.97. The van der Waals surface area contributed by atoms with Crippen LogP contribution in [0.4, 0.5) is 0 Å². The van der Waals surface area contributed by atoms with E-state index in [1.807, 2.05) is 30.5 Å². The molecular weight excluding hydrogens is 324 g/mol. The van der Waals surface area contributed by atoms with Crippen LogP contribution in [0.1, 0.15) is 36.8 Å². The second-order valence-corrected chi connectivity index (χ2v) is 7.47. The Hall–Kier alpha value is -1.71. The molecule has 1 aromatic heterocycles. The van der Waals surface area contributed by atoms with Gasteiger partial charge in [0.1, 0.15) is 0 Å². The van der Waals surface area contributed by atoms with E-state index in [1.165, 1.54) is 28.1 Å². The molecule has 0 radical (unpaired) electrons. The highest BCUT2D eigenvalue weighted by Gasteiger charge is 2.10. The second-order valence-electron chi connectivity index (χ2n) is 6.35. The highest BCUT2D eigenvalue weighted by atomic mass is 32.1. The second kappa shape index (κ2) is 11.0. The standard InChI is InChI=1S/C22H30N2S/c1-4-6-7-8-9-10-11-19(17-23-3)13-15-22-24-20-14-12-18(5-2)16-21(20)25-22/h4,6-9,12,14,16,19,23H,1,5,10-11,13,15,17H2,2-3H3/b7-6-,9-8-. The molecule has 2 aromatic rings. The molecule has 3 heteroatoms. The predicted molar refractivity (Wildman–Crippen MR) is 112 cm³/mol. The van der Waals surface area contributed by atoms with E-state index in [0.717, 1.165) is 31.3 Å². The van der Waals surface area contributed by atoms with Crippen LogP contribution in [0.3, 0.4) is 0 Å². The maximum absolute atomic E-state index is 4.82. The topological polar surface area (TPSA) is 24.9 Å². The van der Waals surface area contributed by atoms with E-state index in [0.29, 0.717) is 5.92 Å². The Morgan fingerprint density at radius 3 is 2.88 bits per heavy atom. The molecule has 0 bridgehead atoms. The van der Waals surface area contributed by atoms with Gasteiger partial charge in [0.15, 0.2) is 0 Å². The molecule has 1 aromatic carbocycles. The minimum Gasteiger partial charge on any atom is -0.319 e. The molecule has 0 aliphatic heterocycles. The average molecular weight is 355 g/mol. The van der Waals surface area contributed by atoms with Gasteiger partial charge in [-0.1, -0.05) is 49.9 Å². The first-order valence-corrected chi connectivity index (χ1v) is 10.1. The fourth-order valence-corrected chi connectivity index (χ4v) is 4.00. The number of aryl methyl sites for hydroxylation is 2. The molecule has 1 atom stereocenters. The van der Waals surface area contributed by atoms with E-state index >= 15 is 0 Å². The molecule has 0 saturated heterocycles. The van der Waals surface area contributed by atoms with Crippen LogP contribution in [0.5, 0.6) is 0 Å². The van der Waals surface area contributed by atoms with Crippen molar-refractivity contribution in [2.75, 3.05) is 13.6 Å². The summed E-state index contributed by atoms with van der Waals surface area (Å²) in [7, 11) is 2.04. The number of fused-ring (bicyclic) bond motifs is 1. The lowest BCUT2D eigenvalue weighted by Gasteiger charge is -2.14. The van der Waals surface area contributed by atoms with E-state index < -0.39 is 0 Å². The predicted octanol–water partition coefficient (Wildman–Crippen LogP) is 5.71. The van der Waals surface area contributed by atoms with E-state index in [2.05, 4.69) is 49.2 Å². The largest absolute Gasteiger partial charge is 0.319 e. The van der Waals surface area contributed by atoms with Crippen LogP contribution in [0.15, 0.2) is 55.2 Å². The lowest BCUT2D eigenvalue weighted by Crippen LogP contribution is -2.19. The van der Waals surface area contributed by atoms with Gasteiger partial charge >= 0.3 is 0 Å². The molecule has 1 N–H and O–H groups in total. The van der Waals surface area contributed by atoms with Crippen molar-refractivity contribution in [3.05, 3.63) is 65.7 Å². The number of aromatic nitrogens is 1. The molecule has 2 rings (SSSR count). The maximum Gasteiger partial charge on any atom is 0.0938 e. The van der Waals surface area contributed by atoms with Gasteiger partial charge in [-0.25, -0.2) is 4.98 Å². The van der Waals surface area contributed by atoms with Gasteiger partial charge in [0, 0.05) is 0 Å². The van der Waals surface area contributed by atoms with Crippen molar-refractivity contribution in [1.29, 1.82) is 0 Å². The highest BCUT2D eigenvalue weighted by Crippen LogP contribution is 2.25. The summed E-state index contributed by atoms with van der Waals surface area (Å²) in [5, 5.41) is 4.61. The summed E-state index contributed by atoms with van der Waals surface area (Å²) >= 11 is 1.86. The third-order valence-corrected chi connectivity index (χ3v) is 5.48. The van der Waals surface area contributed by atoms with Crippen LogP contribution in [0.25, 0.3) is 10.2 Å². The first kappa shape index (κ1) is 19.6.